The number of ether oxygens (including phenoxy) is 2. The average molecular weight is 324 g/mol. The summed E-state index contributed by atoms with van der Waals surface area (Å²) >= 11 is 0. The molecule has 0 heterocycles. The predicted octanol–water partition coefficient (Wildman–Crippen LogP) is 3.85. The zero-order chi connectivity index (χ0) is 15.5. The maximum atomic E-state index is 6.15. The Morgan fingerprint density at radius 1 is 0.957 bits per heavy atom. The van der Waals surface area contributed by atoms with E-state index in [2.05, 4.69) is 48.6 Å². The fourth-order valence-electron chi connectivity index (χ4n) is 4.16. The quantitative estimate of drug-likeness (QED) is 0.584. The monoisotopic (exact) mass is 324 g/mol. The molecule has 3 aliphatic rings. The molecule has 4 unspecified atom stereocenters. The van der Waals surface area contributed by atoms with E-state index in [1.165, 1.54) is 24.0 Å². The lowest BCUT2D eigenvalue weighted by Crippen LogP contribution is -2.24. The fraction of sp³-hybridized carbons (Fsp3) is 0.500. The van der Waals surface area contributed by atoms with E-state index in [-0.39, 0.29) is 0 Å². The van der Waals surface area contributed by atoms with E-state index in [0.717, 1.165) is 34.8 Å². The van der Waals surface area contributed by atoms with Crippen molar-refractivity contribution in [1.82, 2.24) is 0 Å². The van der Waals surface area contributed by atoms with Crippen LogP contribution in [0.1, 0.15) is 36.5 Å². The smallest absolute Gasteiger partial charge is 0.108 e. The van der Waals surface area contributed by atoms with Crippen LogP contribution in [0.3, 0.4) is 0 Å². The van der Waals surface area contributed by atoms with Crippen LogP contribution in [0.25, 0.3) is 0 Å². The lowest BCUT2D eigenvalue weighted by atomic mass is 9.91. The summed E-state index contributed by atoms with van der Waals surface area (Å²) in [6.45, 7) is 0. The molecule has 120 valence electrons. The van der Waals surface area contributed by atoms with Gasteiger partial charge in [-0.3, -0.25) is 0 Å². The van der Waals surface area contributed by atoms with Crippen LogP contribution in [0, 0.1) is 11.8 Å². The summed E-state index contributed by atoms with van der Waals surface area (Å²) in [5.74, 6) is 1.31. The number of allylic oxidation sites excluding steroid dienone is 3. The van der Waals surface area contributed by atoms with Crippen LogP contribution in [0.2, 0.25) is 0 Å². The summed E-state index contributed by atoms with van der Waals surface area (Å²) < 4.78 is 12.3. The van der Waals surface area contributed by atoms with E-state index in [1.807, 2.05) is 0 Å². The first-order valence-electron chi connectivity index (χ1n) is 8.78. The zero-order valence-electron chi connectivity index (χ0n) is 13.5. The van der Waals surface area contributed by atoms with Crippen molar-refractivity contribution in [2.24, 2.45) is 11.8 Å². The highest BCUT2D eigenvalue weighted by atomic mass is 28.2. The molecule has 23 heavy (non-hydrogen) atoms. The maximum absolute atomic E-state index is 6.15. The molecule has 0 N–H and O–H groups in total. The molecule has 0 saturated heterocycles. The van der Waals surface area contributed by atoms with Crippen molar-refractivity contribution in [2.45, 2.75) is 37.9 Å². The van der Waals surface area contributed by atoms with Gasteiger partial charge in [0.05, 0.1) is 12.2 Å². The Kier molecular flexibility index (Phi) is 4.79. The van der Waals surface area contributed by atoms with Crippen molar-refractivity contribution in [3.63, 3.8) is 0 Å². The molecular weight excluding hydrogens is 300 g/mol. The van der Waals surface area contributed by atoms with Crippen LogP contribution in [-0.2, 0) is 15.9 Å². The maximum Gasteiger partial charge on any atom is 0.108 e. The first kappa shape index (κ1) is 15.4. The Morgan fingerprint density at radius 2 is 1.83 bits per heavy atom. The number of aryl methyl sites for hydroxylation is 1. The third kappa shape index (κ3) is 3.37. The molecule has 1 saturated carbocycles. The Labute approximate surface area is 141 Å². The van der Waals surface area contributed by atoms with Crippen molar-refractivity contribution in [1.29, 1.82) is 0 Å². The summed E-state index contributed by atoms with van der Waals surface area (Å²) in [7, 11) is 0.738. The fourth-order valence-corrected chi connectivity index (χ4v) is 4.89. The molecule has 4 atom stereocenters. The predicted molar refractivity (Wildman–Crippen MR) is 93.4 cm³/mol. The van der Waals surface area contributed by atoms with E-state index in [9.17, 15) is 0 Å². The van der Waals surface area contributed by atoms with Gasteiger partial charge in [-0.25, -0.2) is 0 Å². The zero-order valence-corrected chi connectivity index (χ0v) is 14.5. The molecule has 0 amide bonds. The first-order chi connectivity index (χ1) is 11.4. The number of fused-ring (bicyclic) bond motifs is 2. The van der Waals surface area contributed by atoms with Gasteiger partial charge < -0.3 is 9.47 Å². The van der Waals surface area contributed by atoms with Crippen molar-refractivity contribution in [2.75, 3.05) is 12.5 Å². The Balaban J connectivity index is 1.18. The Hall–Kier alpha value is -1.16. The van der Waals surface area contributed by atoms with Gasteiger partial charge in [-0.15, -0.1) is 0 Å². The molecule has 1 aromatic carbocycles. The third-order valence-corrected chi connectivity index (χ3v) is 6.12. The van der Waals surface area contributed by atoms with Crippen molar-refractivity contribution in [3.05, 3.63) is 59.7 Å². The second-order valence-electron chi connectivity index (χ2n) is 6.72. The van der Waals surface area contributed by atoms with Gasteiger partial charge in [0.25, 0.3) is 0 Å². The molecule has 2 nitrogen and oxygen atoms in total. The van der Waals surface area contributed by atoms with E-state index in [4.69, 9.17) is 9.47 Å². The van der Waals surface area contributed by atoms with Crippen LogP contribution in [0.4, 0.5) is 0 Å². The summed E-state index contributed by atoms with van der Waals surface area (Å²) in [5, 5.41) is 0. The molecule has 1 fully saturated rings. The summed E-state index contributed by atoms with van der Waals surface area (Å²) in [5.41, 5.74) is 2.86. The topological polar surface area (TPSA) is 18.5 Å². The van der Waals surface area contributed by atoms with Crippen LogP contribution >= 0.6 is 0 Å². The summed E-state index contributed by atoms with van der Waals surface area (Å²) in [4.78, 5) is 0. The number of benzene rings is 1. The average Bonchev–Trinajstić information content (AvgIpc) is 3.19. The number of rotatable bonds is 6. The van der Waals surface area contributed by atoms with Gasteiger partial charge in [0.1, 0.15) is 9.52 Å². The number of hydrogen-bond acceptors (Lipinski definition) is 2. The highest BCUT2D eigenvalue weighted by molar-refractivity contribution is 6.34. The summed E-state index contributed by atoms with van der Waals surface area (Å²) in [6.07, 6.45) is 16.2. The second kappa shape index (κ2) is 7.16. The molecule has 0 aliphatic heterocycles. The molecule has 4 rings (SSSR count). The lowest BCUT2D eigenvalue weighted by Gasteiger charge is -2.22. The minimum Gasteiger partial charge on any atom is -0.381 e. The van der Waals surface area contributed by atoms with Gasteiger partial charge in [0, 0.05) is 18.4 Å². The molecule has 2 radical (unpaired) electrons. The van der Waals surface area contributed by atoms with Crippen LogP contribution in [0.5, 0.6) is 0 Å². The minimum atomic E-state index is 0.306. The van der Waals surface area contributed by atoms with Gasteiger partial charge in [-0.2, -0.15) is 0 Å². The van der Waals surface area contributed by atoms with Crippen molar-refractivity contribution in [3.8, 4) is 0 Å². The normalized spacial score (nSPS) is 31.3. The highest BCUT2D eigenvalue weighted by Gasteiger charge is 2.34. The van der Waals surface area contributed by atoms with Crippen LogP contribution in [-0.4, -0.2) is 28.1 Å². The molecule has 0 spiro atoms. The second-order valence-corrected chi connectivity index (χ2v) is 7.80. The highest BCUT2D eigenvalue weighted by Crippen LogP contribution is 2.37. The molecule has 3 aliphatic carbocycles. The Morgan fingerprint density at radius 3 is 2.83 bits per heavy atom. The van der Waals surface area contributed by atoms with Gasteiger partial charge in [0.2, 0.25) is 0 Å². The standard InChI is InChI=1S/C20H24O2Si/c1-3-7-17-15(5-1)9-11-19(17)21-13-23-14-22-20-12-10-16-6-2-4-8-18(16)20/h1-8,15,17,19-20H,9-14H2. The largest absolute Gasteiger partial charge is 0.381 e. The van der Waals surface area contributed by atoms with E-state index in [1.54, 1.807) is 0 Å². The molecule has 1 aromatic rings. The lowest BCUT2D eigenvalue weighted by molar-refractivity contribution is 0.0575. The first-order valence-corrected chi connectivity index (χ1v) is 10.2. The summed E-state index contributed by atoms with van der Waals surface area (Å²) in [6, 6.07) is 8.69. The van der Waals surface area contributed by atoms with E-state index >= 15 is 0 Å². The third-order valence-electron chi connectivity index (χ3n) is 5.37. The van der Waals surface area contributed by atoms with Gasteiger partial charge >= 0.3 is 0 Å². The van der Waals surface area contributed by atoms with E-state index < -0.39 is 0 Å². The van der Waals surface area contributed by atoms with Gasteiger partial charge in [-0.05, 0) is 42.7 Å². The van der Waals surface area contributed by atoms with Crippen LogP contribution in [0.15, 0.2) is 48.6 Å². The molecule has 0 aromatic heterocycles. The molecular formula is C20H24O2Si. The van der Waals surface area contributed by atoms with Crippen molar-refractivity contribution >= 4 is 9.52 Å². The van der Waals surface area contributed by atoms with Crippen molar-refractivity contribution < 1.29 is 9.47 Å². The molecule has 0 bridgehead atoms. The van der Waals surface area contributed by atoms with E-state index in [0.29, 0.717) is 24.0 Å². The SMILES string of the molecule is C1=CC2CCC(OC[Si]COC3CCc4ccccc43)C2C=C1. The van der Waals surface area contributed by atoms with Gasteiger partial charge in [0.15, 0.2) is 0 Å². The minimum absolute atomic E-state index is 0.306. The van der Waals surface area contributed by atoms with Gasteiger partial charge in [-0.1, -0.05) is 48.6 Å². The van der Waals surface area contributed by atoms with Crippen LogP contribution < -0.4 is 0 Å². The Bertz CT molecular complexity index is 595. The number of hydrogen-bond donors (Lipinski definition) is 0. The molecule has 3 heteroatoms.